The molecule has 8 nitrogen and oxygen atoms in total. The van der Waals surface area contributed by atoms with Gasteiger partial charge >= 0.3 is 5.69 Å². The quantitative estimate of drug-likeness (QED) is 0.597. The highest BCUT2D eigenvalue weighted by Gasteiger charge is 2.38. The summed E-state index contributed by atoms with van der Waals surface area (Å²) < 4.78 is 6.80. The summed E-state index contributed by atoms with van der Waals surface area (Å²) in [6.07, 6.45) is 0.544. The van der Waals surface area contributed by atoms with Gasteiger partial charge in [0.1, 0.15) is 12.3 Å². The van der Waals surface area contributed by atoms with Crippen molar-refractivity contribution in [2.24, 2.45) is 0 Å². The first-order chi connectivity index (χ1) is 8.93. The Kier molecular flexibility index (Phi) is 3.85. The molecule has 0 aromatic carbocycles. The summed E-state index contributed by atoms with van der Waals surface area (Å²) in [5.74, 6) is 0. The van der Waals surface area contributed by atoms with Crippen LogP contribution in [0.25, 0.3) is 0 Å². The van der Waals surface area contributed by atoms with Gasteiger partial charge in [-0.3, -0.25) is 14.3 Å². The first-order valence-corrected chi connectivity index (χ1v) is 5.94. The van der Waals surface area contributed by atoms with Gasteiger partial charge < -0.3 is 15.1 Å². The summed E-state index contributed by atoms with van der Waals surface area (Å²) in [5.41, 5.74) is -0.614. The molecule has 1 aromatic heterocycles. The van der Waals surface area contributed by atoms with Crippen LogP contribution in [0.5, 0.6) is 0 Å². The second kappa shape index (κ2) is 5.25. The second-order valence-electron chi connectivity index (χ2n) is 4.67. The highest BCUT2D eigenvalue weighted by atomic mass is 16.5. The zero-order valence-corrected chi connectivity index (χ0v) is 10.7. The Morgan fingerprint density at radius 2 is 2.26 bits per heavy atom. The van der Waals surface area contributed by atoms with Crippen LogP contribution < -0.4 is 11.2 Å². The van der Waals surface area contributed by atoms with Crippen LogP contribution in [0.3, 0.4) is 0 Å². The number of rotatable bonds is 3. The molecule has 0 aliphatic carbocycles. The number of ether oxygens (including phenoxy) is 1. The zero-order chi connectivity index (χ0) is 14.2. The van der Waals surface area contributed by atoms with Crippen LogP contribution in [0.15, 0.2) is 15.8 Å². The van der Waals surface area contributed by atoms with Crippen molar-refractivity contribution < 1.29 is 15.1 Å². The Morgan fingerprint density at radius 1 is 1.58 bits per heavy atom. The average molecular weight is 271 g/mol. The van der Waals surface area contributed by atoms with Crippen molar-refractivity contribution in [3.8, 4) is 0 Å². The molecule has 1 aliphatic rings. The van der Waals surface area contributed by atoms with E-state index in [0.717, 1.165) is 5.06 Å². The van der Waals surface area contributed by atoms with Gasteiger partial charge in [0.05, 0.1) is 12.6 Å². The van der Waals surface area contributed by atoms with Crippen molar-refractivity contribution in [3.05, 3.63) is 32.6 Å². The average Bonchev–Trinajstić information content (AvgIpc) is 2.77. The van der Waals surface area contributed by atoms with Gasteiger partial charge in [0.2, 0.25) is 0 Å². The maximum Gasteiger partial charge on any atom is 0.330 e. The van der Waals surface area contributed by atoms with Crippen molar-refractivity contribution in [3.63, 3.8) is 0 Å². The number of aromatic nitrogens is 2. The van der Waals surface area contributed by atoms with Gasteiger partial charge in [-0.2, -0.15) is 5.06 Å². The van der Waals surface area contributed by atoms with Crippen LogP contribution in [0.2, 0.25) is 0 Å². The largest absolute Gasteiger partial charge is 0.394 e. The summed E-state index contributed by atoms with van der Waals surface area (Å²) >= 11 is 0. The molecule has 3 N–H and O–H groups in total. The molecule has 2 heterocycles. The molecule has 8 heteroatoms. The molecule has 0 saturated carbocycles. The number of hydroxylamine groups is 2. The summed E-state index contributed by atoms with van der Waals surface area (Å²) in [7, 11) is 1.46. The number of aromatic amines is 1. The van der Waals surface area contributed by atoms with Gasteiger partial charge in [-0.25, -0.2) is 4.79 Å². The molecule has 0 bridgehead atoms. The van der Waals surface area contributed by atoms with Crippen LogP contribution in [0.1, 0.15) is 18.2 Å². The minimum atomic E-state index is -0.625. The van der Waals surface area contributed by atoms with Crippen molar-refractivity contribution in [1.29, 1.82) is 0 Å². The monoisotopic (exact) mass is 271 g/mol. The molecule has 2 rings (SSSR count). The molecule has 3 atom stereocenters. The Labute approximate surface area is 108 Å². The van der Waals surface area contributed by atoms with Gasteiger partial charge in [0.25, 0.3) is 5.56 Å². The summed E-state index contributed by atoms with van der Waals surface area (Å²) in [6.45, 7) is 1.33. The first-order valence-electron chi connectivity index (χ1n) is 5.94. The third-order valence-electron chi connectivity index (χ3n) is 3.32. The number of aryl methyl sites for hydroxylation is 1. The Morgan fingerprint density at radius 3 is 2.79 bits per heavy atom. The lowest BCUT2D eigenvalue weighted by Gasteiger charge is -2.20. The van der Waals surface area contributed by atoms with E-state index in [1.54, 1.807) is 6.92 Å². The van der Waals surface area contributed by atoms with Gasteiger partial charge in [0.15, 0.2) is 0 Å². The smallest absolute Gasteiger partial charge is 0.330 e. The van der Waals surface area contributed by atoms with Gasteiger partial charge in [-0.1, -0.05) is 0 Å². The summed E-state index contributed by atoms with van der Waals surface area (Å²) in [5, 5.41) is 19.7. The van der Waals surface area contributed by atoms with E-state index < -0.39 is 29.6 Å². The Balaban J connectivity index is 2.32. The highest BCUT2D eigenvalue weighted by molar-refractivity contribution is 5.02. The SMILES string of the molecule is Cc1cn([C@H]2C[C@@H](N(C)O)[C@@H](CO)O2)c(=O)[nH]c1=O. The Bertz CT molecular complexity index is 564. The molecule has 106 valence electrons. The van der Waals surface area contributed by atoms with Gasteiger partial charge in [0, 0.05) is 25.2 Å². The second-order valence-corrected chi connectivity index (χ2v) is 4.67. The fourth-order valence-corrected chi connectivity index (χ4v) is 2.24. The predicted molar refractivity (Wildman–Crippen MR) is 65.0 cm³/mol. The number of likely N-dealkylation sites (N-methyl/N-ethyl adjacent to an activating group) is 1. The fourth-order valence-electron chi connectivity index (χ4n) is 2.24. The molecule has 0 radical (unpaired) electrons. The molecule has 0 amide bonds. The maximum atomic E-state index is 11.7. The lowest BCUT2D eigenvalue weighted by atomic mass is 10.1. The van der Waals surface area contributed by atoms with E-state index >= 15 is 0 Å². The number of aliphatic hydroxyl groups is 1. The van der Waals surface area contributed by atoms with E-state index in [2.05, 4.69) is 4.98 Å². The van der Waals surface area contributed by atoms with E-state index in [-0.39, 0.29) is 6.61 Å². The molecular weight excluding hydrogens is 254 g/mol. The molecule has 1 aromatic rings. The van der Waals surface area contributed by atoms with E-state index in [0.29, 0.717) is 12.0 Å². The number of aliphatic hydroxyl groups excluding tert-OH is 1. The molecule has 1 saturated heterocycles. The van der Waals surface area contributed by atoms with E-state index in [1.807, 2.05) is 0 Å². The minimum Gasteiger partial charge on any atom is -0.394 e. The third kappa shape index (κ3) is 2.61. The molecule has 19 heavy (non-hydrogen) atoms. The summed E-state index contributed by atoms with van der Waals surface area (Å²) in [6, 6.07) is -0.408. The number of hydrogen-bond acceptors (Lipinski definition) is 6. The van der Waals surface area contributed by atoms with Crippen LogP contribution in [0.4, 0.5) is 0 Å². The van der Waals surface area contributed by atoms with Crippen molar-refractivity contribution in [2.75, 3.05) is 13.7 Å². The number of hydrogen-bond donors (Lipinski definition) is 3. The molecule has 0 unspecified atom stereocenters. The number of nitrogens with zero attached hydrogens (tertiary/aromatic N) is 2. The standard InChI is InChI=1S/C11H17N3O5/c1-6-4-14(11(17)12-10(6)16)9-3-7(13(2)18)8(5-15)19-9/h4,7-9,15,18H,3,5H2,1-2H3,(H,12,16,17)/t7-,8-,9-/m1/s1. The van der Waals surface area contributed by atoms with Gasteiger partial charge in [-0.05, 0) is 6.92 Å². The van der Waals surface area contributed by atoms with Crippen LogP contribution >= 0.6 is 0 Å². The topological polar surface area (TPSA) is 108 Å². The predicted octanol–water partition coefficient (Wildman–Crippen LogP) is -1.19. The fraction of sp³-hybridized carbons (Fsp3) is 0.636. The number of nitrogens with one attached hydrogen (secondary N) is 1. The minimum absolute atomic E-state index is 0.261. The van der Waals surface area contributed by atoms with Gasteiger partial charge in [-0.15, -0.1) is 0 Å². The molecule has 0 spiro atoms. The third-order valence-corrected chi connectivity index (χ3v) is 3.32. The van der Waals surface area contributed by atoms with Crippen LogP contribution in [-0.2, 0) is 4.74 Å². The highest BCUT2D eigenvalue weighted by Crippen LogP contribution is 2.29. The van der Waals surface area contributed by atoms with Crippen molar-refractivity contribution >= 4 is 0 Å². The molecular formula is C11H17N3O5. The molecule has 1 fully saturated rings. The maximum absolute atomic E-state index is 11.7. The van der Waals surface area contributed by atoms with E-state index in [9.17, 15) is 19.9 Å². The zero-order valence-electron chi connectivity index (χ0n) is 10.7. The van der Waals surface area contributed by atoms with E-state index in [1.165, 1.54) is 17.8 Å². The van der Waals surface area contributed by atoms with Crippen LogP contribution in [-0.4, -0.2) is 50.7 Å². The van der Waals surface area contributed by atoms with Crippen molar-refractivity contribution in [1.82, 2.24) is 14.6 Å². The van der Waals surface area contributed by atoms with Crippen LogP contribution in [0, 0.1) is 6.92 Å². The summed E-state index contributed by atoms with van der Waals surface area (Å²) in [4.78, 5) is 25.2. The number of H-pyrrole nitrogens is 1. The lowest BCUT2D eigenvalue weighted by molar-refractivity contribution is -0.128. The van der Waals surface area contributed by atoms with E-state index in [4.69, 9.17) is 4.74 Å². The van der Waals surface area contributed by atoms with Crippen molar-refractivity contribution in [2.45, 2.75) is 31.7 Å². The Hall–Kier alpha value is -1.48. The molecule has 1 aliphatic heterocycles. The first kappa shape index (κ1) is 13.9. The lowest BCUT2D eigenvalue weighted by Crippen LogP contribution is -2.37. The normalized spacial score (nSPS) is 27.1.